The molecule has 2 rings (SSSR count). The van der Waals surface area contributed by atoms with Gasteiger partial charge >= 0.3 is 5.97 Å². The minimum absolute atomic E-state index is 0. The molecule has 2 aromatic carbocycles. The minimum atomic E-state index is -1.67. The second kappa shape index (κ2) is 101. The summed E-state index contributed by atoms with van der Waals surface area (Å²) in [5.41, 5.74) is 5.46. The molecule has 14 heteroatoms. The second-order valence-electron chi connectivity index (χ2n) is 24.5. The molecule has 0 spiro atoms. The Hall–Kier alpha value is -1.35. The van der Waals surface area contributed by atoms with E-state index in [0.717, 1.165) is 48.9 Å². The third-order valence-electron chi connectivity index (χ3n) is 14.3. The zero-order valence-corrected chi connectivity index (χ0v) is 61.6. The quantitative estimate of drug-likeness (QED) is 0.0251. The number of hydrogen-bond acceptors (Lipinski definition) is 6. The highest BCUT2D eigenvalue weighted by molar-refractivity contribution is 8.26. The van der Waals surface area contributed by atoms with Crippen LogP contribution in [0.1, 0.15) is 338 Å². The van der Waals surface area contributed by atoms with E-state index in [0.29, 0.717) is 13.0 Å². The lowest BCUT2D eigenvalue weighted by Gasteiger charge is -2.04. The first-order valence-electron chi connectivity index (χ1n) is 34.4. The van der Waals surface area contributed by atoms with E-state index in [2.05, 4.69) is 81.5 Å². The SMILES string of the molecule is CC(C)CCCCCCCCCCCCCl.CC(C)CCCCCCCCCCCCN.CC(C)CCCCCCCCCCCCO.COC(=O)CCCCCCCCCCCC(C)C.N.O.O.O.O.O=S(Cl)Cl.c1ccccc1.c1ccccc1. The maximum atomic E-state index is 10.9. The first-order chi connectivity index (χ1) is 39.7. The number of rotatable bonds is 48. The maximum Gasteiger partial charge on any atom is 0.305 e. The molecule has 0 radical (unpaired) electrons. The number of carbonyl (C=O) groups excluding carboxylic acids is 1. The molecule has 0 bridgehead atoms. The fourth-order valence-corrected chi connectivity index (χ4v) is 9.37. The van der Waals surface area contributed by atoms with Crippen LogP contribution in [-0.2, 0) is 18.8 Å². The molecule has 0 heterocycles. The molecule has 0 atom stereocenters. The lowest BCUT2D eigenvalue weighted by molar-refractivity contribution is -0.140. The van der Waals surface area contributed by atoms with Crippen LogP contribution in [0.3, 0.4) is 0 Å². The van der Waals surface area contributed by atoms with Gasteiger partial charge in [0.15, 0.2) is 0 Å². The highest BCUT2D eigenvalue weighted by atomic mass is 36.0. The lowest BCUT2D eigenvalue weighted by Crippen LogP contribution is -1.99. The number of halogens is 3. The summed E-state index contributed by atoms with van der Waals surface area (Å²) in [5.74, 6) is 4.30. The molecule has 528 valence electrons. The molecule has 0 amide bonds. The number of aliphatic hydroxyl groups is 1. The molecular weight excluding hydrogens is 1170 g/mol. The molecule has 0 aliphatic heterocycles. The van der Waals surface area contributed by atoms with E-state index in [9.17, 15) is 4.79 Å². The van der Waals surface area contributed by atoms with Crippen LogP contribution in [0.4, 0.5) is 0 Å². The highest BCUT2D eigenvalue weighted by Crippen LogP contribution is 2.17. The van der Waals surface area contributed by atoms with E-state index in [4.69, 9.17) is 26.7 Å². The Balaban J connectivity index is -0.000000102. The number of aliphatic hydroxyl groups excluding tert-OH is 1. The van der Waals surface area contributed by atoms with E-state index in [1.807, 2.05) is 72.8 Å². The van der Waals surface area contributed by atoms with Crippen molar-refractivity contribution in [2.24, 2.45) is 29.4 Å². The van der Waals surface area contributed by atoms with Crippen molar-refractivity contribution >= 4 is 48.2 Å². The smallest absolute Gasteiger partial charge is 0.305 e. The van der Waals surface area contributed by atoms with Crippen molar-refractivity contribution in [1.29, 1.82) is 0 Å². The van der Waals surface area contributed by atoms with Gasteiger partial charge in [-0.3, -0.25) is 4.79 Å². The second-order valence-corrected chi connectivity index (χ2v) is 27.4. The first-order valence-corrected chi connectivity index (χ1v) is 37.7. The van der Waals surface area contributed by atoms with Gasteiger partial charge < -0.3 is 43.6 Å². The third kappa shape index (κ3) is 134. The molecule has 0 unspecified atom stereocenters. The van der Waals surface area contributed by atoms with Gasteiger partial charge in [-0.05, 0) is 55.9 Å². The summed E-state index contributed by atoms with van der Waals surface area (Å²) in [7, 11) is 8.82. The zero-order valence-electron chi connectivity index (χ0n) is 58.5. The van der Waals surface area contributed by atoms with Crippen molar-refractivity contribution in [1.82, 2.24) is 6.15 Å². The molecule has 87 heavy (non-hydrogen) atoms. The fourth-order valence-electron chi connectivity index (χ4n) is 9.18. The van der Waals surface area contributed by atoms with E-state index < -0.39 is 9.23 Å². The standard InChI is InChI=1S/C16H32O2.C15H31Cl.C15H33N.C15H32O.2C6H6.Cl2OS.H3N.4H2O/c1-15(2)13-11-9-7-5-4-6-8-10-12-14-16(17)18-3;3*1-15(2)13-11-9-7-5-3-4-6-8-10-12-14-16;2*1-2-4-6-5-3-1;1-4(2)3;;;;;/h15H,4-14H2,1-3H3;15H,3-14H2,1-2H3;15H,3-14,16H2,1-2H3;15-16H,3-14H2,1-2H3;2*1-6H;;1H3;4*1H2. The number of benzene rings is 2. The molecule has 2 aromatic rings. The van der Waals surface area contributed by atoms with Gasteiger partial charge in [-0.15, -0.1) is 11.6 Å². The summed E-state index contributed by atoms with van der Waals surface area (Å²) in [6.07, 6.45) is 59.4. The highest BCUT2D eigenvalue weighted by Gasteiger charge is 2.01. The summed E-state index contributed by atoms with van der Waals surface area (Å²) in [6, 6.07) is 24.0. The Kier molecular flexibility index (Phi) is 124. The monoisotopic (exact) mass is 1320 g/mol. The topological polar surface area (TPSA) is 251 Å². The third-order valence-corrected chi connectivity index (χ3v) is 14.6. The molecule has 0 aliphatic rings. The molecule has 0 saturated heterocycles. The number of alkyl halides is 1. The van der Waals surface area contributed by atoms with E-state index >= 15 is 0 Å². The fraction of sp³-hybridized carbons (Fsp3) is 0.822. The van der Waals surface area contributed by atoms with Crippen LogP contribution in [0.5, 0.6) is 0 Å². The van der Waals surface area contributed by atoms with Crippen molar-refractivity contribution in [3.05, 3.63) is 72.8 Å². The molecule has 0 fully saturated rings. The molecular formula is C73H151Cl3N2O8S. The number of carbonyl (C=O) groups is 1. The Morgan fingerprint density at radius 2 is 0.540 bits per heavy atom. The number of ether oxygens (including phenoxy) is 1. The average molecular weight is 1320 g/mol. The normalized spacial score (nSPS) is 9.97. The lowest BCUT2D eigenvalue weighted by atomic mass is 10.0. The van der Waals surface area contributed by atoms with Crippen molar-refractivity contribution < 1.29 is 40.8 Å². The van der Waals surface area contributed by atoms with E-state index in [1.54, 1.807) is 0 Å². The predicted molar refractivity (Wildman–Crippen MR) is 394 cm³/mol. The van der Waals surface area contributed by atoms with Gasteiger partial charge in [0, 0.05) is 40.3 Å². The predicted octanol–water partition coefficient (Wildman–Crippen LogP) is 22.4. The Morgan fingerprint density at radius 1 is 0.368 bits per heavy atom. The summed E-state index contributed by atoms with van der Waals surface area (Å²) in [4.78, 5) is 10.9. The molecule has 0 saturated carbocycles. The summed E-state index contributed by atoms with van der Waals surface area (Å²) >= 11 is 5.63. The molecule has 0 aromatic heterocycles. The van der Waals surface area contributed by atoms with Crippen molar-refractivity contribution in [3.8, 4) is 0 Å². The van der Waals surface area contributed by atoms with Gasteiger partial charge in [0.1, 0.15) is 0 Å². The van der Waals surface area contributed by atoms with Gasteiger partial charge in [0.2, 0.25) is 9.23 Å². The number of methoxy groups -OCH3 is 1. The van der Waals surface area contributed by atoms with E-state index in [-0.39, 0.29) is 34.0 Å². The average Bonchev–Trinajstić information content (AvgIpc) is 3.46. The van der Waals surface area contributed by atoms with Crippen molar-refractivity contribution in [3.63, 3.8) is 0 Å². The Morgan fingerprint density at radius 3 is 0.713 bits per heavy atom. The zero-order chi connectivity index (χ0) is 61.9. The van der Waals surface area contributed by atoms with Gasteiger partial charge in [-0.2, -0.15) is 0 Å². The Bertz CT molecular complexity index is 1230. The van der Waals surface area contributed by atoms with Gasteiger partial charge in [0.05, 0.1) is 7.11 Å². The summed E-state index contributed by atoms with van der Waals surface area (Å²) in [6.45, 7) is 19.7. The molecule has 10 nitrogen and oxygen atoms in total. The van der Waals surface area contributed by atoms with Crippen LogP contribution in [0.2, 0.25) is 0 Å². The number of nitrogens with two attached hydrogens (primary N) is 1. The number of esters is 1. The van der Waals surface area contributed by atoms with Gasteiger partial charge in [-0.1, -0.05) is 379 Å². The number of hydrogen-bond donors (Lipinski definition) is 3. The summed E-state index contributed by atoms with van der Waals surface area (Å²) in [5, 5.41) is 8.63. The van der Waals surface area contributed by atoms with Crippen LogP contribution < -0.4 is 11.9 Å². The van der Waals surface area contributed by atoms with Gasteiger partial charge in [0.25, 0.3) is 0 Å². The maximum absolute atomic E-state index is 10.9. The van der Waals surface area contributed by atoms with E-state index in [1.165, 1.54) is 270 Å². The van der Waals surface area contributed by atoms with Crippen LogP contribution in [-0.4, -0.2) is 63.3 Å². The Labute approximate surface area is 558 Å². The van der Waals surface area contributed by atoms with Gasteiger partial charge in [-0.25, -0.2) is 4.21 Å². The summed E-state index contributed by atoms with van der Waals surface area (Å²) < 4.78 is 13.7. The van der Waals surface area contributed by atoms with Crippen LogP contribution in [0.25, 0.3) is 0 Å². The van der Waals surface area contributed by atoms with Crippen LogP contribution in [0, 0.1) is 23.7 Å². The number of unbranched alkanes of at least 4 members (excludes halogenated alkanes) is 35. The minimum Gasteiger partial charge on any atom is -0.469 e. The van der Waals surface area contributed by atoms with Crippen LogP contribution in [0.15, 0.2) is 72.8 Å². The van der Waals surface area contributed by atoms with Crippen molar-refractivity contribution in [2.45, 2.75) is 338 Å². The molecule has 14 N–H and O–H groups in total. The van der Waals surface area contributed by atoms with Crippen molar-refractivity contribution in [2.75, 3.05) is 26.1 Å². The first kappa shape index (κ1) is 107. The largest absolute Gasteiger partial charge is 0.469 e. The molecule has 0 aliphatic carbocycles. The van der Waals surface area contributed by atoms with Crippen LogP contribution >= 0.6 is 33.0 Å².